The fourth-order valence-corrected chi connectivity index (χ4v) is 1.93. The van der Waals surface area contributed by atoms with Crippen molar-refractivity contribution in [1.29, 1.82) is 0 Å². The smallest absolute Gasteiger partial charge is 0.229 e. The van der Waals surface area contributed by atoms with Crippen LogP contribution in [0.4, 0.5) is 0 Å². The van der Waals surface area contributed by atoms with Crippen molar-refractivity contribution in [2.24, 2.45) is 16.6 Å². The molecule has 0 aromatic carbocycles. The number of carbonyl (C=O) groups excluding carboxylic acids is 2. The summed E-state index contributed by atoms with van der Waals surface area (Å²) in [6.45, 7) is 7.82. The van der Waals surface area contributed by atoms with E-state index in [0.717, 1.165) is 0 Å². The molecule has 2 amide bonds. The van der Waals surface area contributed by atoms with Crippen molar-refractivity contribution in [3.05, 3.63) is 0 Å². The largest absolute Gasteiger partial charge is 0.393 e. The predicted molar refractivity (Wildman–Crippen MR) is 70.3 cm³/mol. The van der Waals surface area contributed by atoms with E-state index in [9.17, 15) is 9.59 Å². The molecule has 1 rings (SSSR count). The molecule has 4 nitrogen and oxygen atoms in total. The SMILES string of the molecule is CC1(C)CC(=O)N(CC(C)(C)C(N)=S)C(=O)C1. The highest BCUT2D eigenvalue weighted by Gasteiger charge is 2.40. The Hall–Kier alpha value is -0.970. The van der Waals surface area contributed by atoms with Crippen LogP contribution in [0.1, 0.15) is 40.5 Å². The number of amides is 2. The molecule has 2 N–H and O–H groups in total. The number of nitrogens with zero attached hydrogens (tertiary/aromatic N) is 1. The monoisotopic (exact) mass is 256 g/mol. The second-order valence-corrected chi connectivity index (χ2v) is 6.58. The molecular weight excluding hydrogens is 236 g/mol. The van der Waals surface area contributed by atoms with Crippen LogP contribution in [-0.4, -0.2) is 28.2 Å². The van der Waals surface area contributed by atoms with Crippen molar-refractivity contribution >= 4 is 29.0 Å². The van der Waals surface area contributed by atoms with Gasteiger partial charge in [-0.25, -0.2) is 0 Å². The van der Waals surface area contributed by atoms with E-state index in [4.69, 9.17) is 18.0 Å². The molecule has 0 aromatic rings. The van der Waals surface area contributed by atoms with Gasteiger partial charge in [-0.05, 0) is 5.41 Å². The molecule has 0 radical (unpaired) electrons. The van der Waals surface area contributed by atoms with Gasteiger partial charge in [-0.3, -0.25) is 14.5 Å². The molecule has 0 aliphatic carbocycles. The Morgan fingerprint density at radius 3 is 2.12 bits per heavy atom. The molecule has 17 heavy (non-hydrogen) atoms. The van der Waals surface area contributed by atoms with Gasteiger partial charge >= 0.3 is 0 Å². The number of carbonyl (C=O) groups is 2. The van der Waals surface area contributed by atoms with Gasteiger partial charge in [-0.2, -0.15) is 0 Å². The molecule has 0 unspecified atom stereocenters. The second-order valence-electron chi connectivity index (χ2n) is 6.14. The third-order valence-electron chi connectivity index (χ3n) is 3.08. The Morgan fingerprint density at radius 1 is 1.35 bits per heavy atom. The van der Waals surface area contributed by atoms with E-state index in [1.807, 2.05) is 27.7 Å². The minimum atomic E-state index is -0.512. The number of rotatable bonds is 3. The summed E-state index contributed by atoms with van der Waals surface area (Å²) in [4.78, 5) is 25.5. The van der Waals surface area contributed by atoms with Gasteiger partial charge in [0.25, 0.3) is 0 Å². The minimum absolute atomic E-state index is 0.129. The molecule has 1 aliphatic rings. The van der Waals surface area contributed by atoms with Crippen molar-refractivity contribution < 1.29 is 9.59 Å². The number of nitrogens with two attached hydrogens (primary N) is 1. The van der Waals surface area contributed by atoms with Crippen molar-refractivity contribution in [2.75, 3.05) is 6.54 Å². The molecule has 1 saturated heterocycles. The first-order chi connectivity index (χ1) is 7.55. The van der Waals surface area contributed by atoms with Crippen molar-refractivity contribution in [2.45, 2.75) is 40.5 Å². The highest BCUT2D eigenvalue weighted by atomic mass is 32.1. The zero-order valence-electron chi connectivity index (χ0n) is 10.9. The number of thiocarbonyl (C=S) groups is 1. The normalized spacial score (nSPS) is 20.6. The van der Waals surface area contributed by atoms with Crippen LogP contribution in [-0.2, 0) is 9.59 Å². The van der Waals surface area contributed by atoms with E-state index in [0.29, 0.717) is 17.8 Å². The summed E-state index contributed by atoms with van der Waals surface area (Å²) in [6.07, 6.45) is 0.790. The number of hydrogen-bond acceptors (Lipinski definition) is 3. The first kappa shape index (κ1) is 14.1. The highest BCUT2D eigenvalue weighted by molar-refractivity contribution is 7.80. The lowest BCUT2D eigenvalue weighted by molar-refractivity contribution is -0.153. The van der Waals surface area contributed by atoms with E-state index >= 15 is 0 Å². The Kier molecular flexibility index (Phi) is 3.62. The Bertz CT molecular complexity index is 355. The molecule has 5 heteroatoms. The lowest BCUT2D eigenvalue weighted by Crippen LogP contribution is -2.51. The van der Waals surface area contributed by atoms with Crippen molar-refractivity contribution in [1.82, 2.24) is 4.90 Å². The third-order valence-corrected chi connectivity index (χ3v) is 3.63. The van der Waals surface area contributed by atoms with Crippen LogP contribution in [0, 0.1) is 10.8 Å². The summed E-state index contributed by atoms with van der Waals surface area (Å²) >= 11 is 4.95. The first-order valence-corrected chi connectivity index (χ1v) is 6.09. The topological polar surface area (TPSA) is 63.4 Å². The second kappa shape index (κ2) is 4.37. The van der Waals surface area contributed by atoms with Crippen LogP contribution < -0.4 is 5.73 Å². The molecule has 0 atom stereocenters. The molecule has 0 spiro atoms. The van der Waals surface area contributed by atoms with E-state index < -0.39 is 5.41 Å². The molecule has 0 saturated carbocycles. The standard InChI is InChI=1S/C12H20N2O2S/c1-11(2)5-8(15)14(9(16)6-11)7-12(3,4)10(13)17/h5-7H2,1-4H3,(H2,13,17). The highest BCUT2D eigenvalue weighted by Crippen LogP contribution is 2.33. The van der Waals surface area contributed by atoms with Crippen LogP contribution in [0.3, 0.4) is 0 Å². The van der Waals surface area contributed by atoms with Crippen LogP contribution in [0.2, 0.25) is 0 Å². The van der Waals surface area contributed by atoms with Gasteiger partial charge in [0.05, 0.1) is 4.99 Å². The third kappa shape index (κ3) is 3.25. The summed E-state index contributed by atoms with van der Waals surface area (Å²) in [6, 6.07) is 0. The minimum Gasteiger partial charge on any atom is -0.393 e. The molecule has 1 fully saturated rings. The lowest BCUT2D eigenvalue weighted by Gasteiger charge is -2.38. The number of piperidine rings is 1. The van der Waals surface area contributed by atoms with Gasteiger partial charge in [-0.15, -0.1) is 0 Å². The molecule has 1 heterocycles. The fourth-order valence-electron chi connectivity index (χ4n) is 1.86. The average molecular weight is 256 g/mol. The van der Waals surface area contributed by atoms with Crippen molar-refractivity contribution in [3.63, 3.8) is 0 Å². The summed E-state index contributed by atoms with van der Waals surface area (Å²) < 4.78 is 0. The van der Waals surface area contributed by atoms with Gasteiger partial charge in [0.1, 0.15) is 0 Å². The van der Waals surface area contributed by atoms with E-state index in [2.05, 4.69) is 0 Å². The zero-order valence-corrected chi connectivity index (χ0v) is 11.7. The Morgan fingerprint density at radius 2 is 1.76 bits per heavy atom. The van der Waals surface area contributed by atoms with Gasteiger partial charge in [-0.1, -0.05) is 39.9 Å². The molecule has 96 valence electrons. The van der Waals surface area contributed by atoms with Crippen LogP contribution in [0.5, 0.6) is 0 Å². The first-order valence-electron chi connectivity index (χ1n) is 5.68. The van der Waals surface area contributed by atoms with Crippen LogP contribution >= 0.6 is 12.2 Å². The number of imide groups is 1. The molecule has 0 bridgehead atoms. The van der Waals surface area contributed by atoms with E-state index in [1.54, 1.807) is 0 Å². The maximum atomic E-state index is 11.9. The summed E-state index contributed by atoms with van der Waals surface area (Å²) in [5, 5.41) is 0. The van der Waals surface area contributed by atoms with E-state index in [-0.39, 0.29) is 23.8 Å². The predicted octanol–water partition coefficient (Wildman–Crippen LogP) is 1.47. The molecular formula is C12H20N2O2S. The number of hydrogen-bond donors (Lipinski definition) is 1. The van der Waals surface area contributed by atoms with Crippen molar-refractivity contribution in [3.8, 4) is 0 Å². The lowest BCUT2D eigenvalue weighted by atomic mass is 9.80. The van der Waals surface area contributed by atoms with Gasteiger partial charge in [0.2, 0.25) is 11.8 Å². The van der Waals surface area contributed by atoms with Gasteiger partial charge in [0.15, 0.2) is 0 Å². The maximum absolute atomic E-state index is 11.9. The average Bonchev–Trinajstić information content (AvgIpc) is 2.09. The van der Waals surface area contributed by atoms with E-state index in [1.165, 1.54) is 4.90 Å². The fraction of sp³-hybridized carbons (Fsp3) is 0.750. The number of likely N-dealkylation sites (tertiary alicyclic amines) is 1. The van der Waals surface area contributed by atoms with Gasteiger partial charge < -0.3 is 5.73 Å². The Balaban J connectivity index is 2.83. The van der Waals surface area contributed by atoms with Gasteiger partial charge in [0, 0.05) is 24.8 Å². The van der Waals surface area contributed by atoms with Crippen LogP contribution in [0.15, 0.2) is 0 Å². The maximum Gasteiger partial charge on any atom is 0.229 e. The zero-order chi connectivity index (χ0) is 13.4. The summed E-state index contributed by atoms with van der Waals surface area (Å²) in [7, 11) is 0. The Labute approximate surface area is 108 Å². The molecule has 1 aliphatic heterocycles. The quantitative estimate of drug-likeness (QED) is 0.613. The van der Waals surface area contributed by atoms with Crippen LogP contribution in [0.25, 0.3) is 0 Å². The molecule has 0 aromatic heterocycles. The summed E-state index contributed by atoms with van der Waals surface area (Å²) in [5.74, 6) is -0.258. The summed E-state index contributed by atoms with van der Waals surface area (Å²) in [5.41, 5.74) is 4.86.